The van der Waals surface area contributed by atoms with E-state index in [-0.39, 0.29) is 11.8 Å². The Hall–Kier alpha value is -2.21. The molecule has 0 saturated carbocycles. The summed E-state index contributed by atoms with van der Waals surface area (Å²) in [5, 5.41) is 14.9. The van der Waals surface area contributed by atoms with E-state index in [1.54, 1.807) is 24.4 Å². The van der Waals surface area contributed by atoms with Gasteiger partial charge in [-0.15, -0.1) is 0 Å². The van der Waals surface area contributed by atoms with Crippen LogP contribution in [-0.4, -0.2) is 29.1 Å². The second-order valence-corrected chi connectivity index (χ2v) is 4.47. The molecule has 1 fully saturated rings. The first-order chi connectivity index (χ1) is 9.25. The van der Waals surface area contributed by atoms with Gasteiger partial charge in [0.1, 0.15) is 11.9 Å². The molecule has 0 amide bonds. The molecular weight excluding hydrogens is 246 g/mol. The summed E-state index contributed by atoms with van der Waals surface area (Å²) in [4.78, 5) is 14.7. The van der Waals surface area contributed by atoms with Gasteiger partial charge in [0, 0.05) is 24.2 Å². The molecule has 0 aliphatic carbocycles. The molecule has 1 aliphatic rings. The Labute approximate surface area is 109 Å². The van der Waals surface area contributed by atoms with Crippen molar-refractivity contribution in [2.75, 3.05) is 13.1 Å². The number of nitro groups is 1. The number of nitro benzene ring substituents is 1. The van der Waals surface area contributed by atoms with Crippen molar-refractivity contribution < 1.29 is 9.66 Å². The average Bonchev–Trinajstić information content (AvgIpc) is 2.91. The molecule has 1 aromatic heterocycles. The normalized spacial score (nSPS) is 18.6. The highest BCUT2D eigenvalue weighted by Crippen LogP contribution is 2.32. The third-order valence-corrected chi connectivity index (χ3v) is 3.21. The number of aromatic nitrogens is 1. The van der Waals surface area contributed by atoms with Crippen LogP contribution in [0, 0.1) is 10.1 Å². The molecule has 1 saturated heterocycles. The lowest BCUT2D eigenvalue weighted by Gasteiger charge is -2.14. The van der Waals surface area contributed by atoms with Crippen molar-refractivity contribution in [1.82, 2.24) is 10.3 Å². The minimum Gasteiger partial charge on any atom is -0.488 e. The molecule has 3 rings (SSSR count). The van der Waals surface area contributed by atoms with Crippen LogP contribution in [0.3, 0.4) is 0 Å². The number of hydrogen-bond donors (Lipinski definition) is 1. The number of benzene rings is 1. The third kappa shape index (κ3) is 2.22. The maximum Gasteiger partial charge on any atom is 0.295 e. The van der Waals surface area contributed by atoms with Crippen LogP contribution in [0.15, 0.2) is 30.5 Å². The lowest BCUT2D eigenvalue weighted by molar-refractivity contribution is -0.383. The van der Waals surface area contributed by atoms with Gasteiger partial charge in [-0.3, -0.25) is 10.1 Å². The topological polar surface area (TPSA) is 77.3 Å². The Bertz CT molecular complexity index is 624. The van der Waals surface area contributed by atoms with Crippen LogP contribution in [0.5, 0.6) is 5.75 Å². The zero-order valence-corrected chi connectivity index (χ0v) is 10.2. The van der Waals surface area contributed by atoms with E-state index in [9.17, 15) is 10.1 Å². The number of fused-ring (bicyclic) bond motifs is 1. The molecule has 6 nitrogen and oxygen atoms in total. The summed E-state index contributed by atoms with van der Waals surface area (Å²) in [7, 11) is 0. The second-order valence-electron chi connectivity index (χ2n) is 4.47. The first kappa shape index (κ1) is 11.9. The monoisotopic (exact) mass is 259 g/mol. The summed E-state index contributed by atoms with van der Waals surface area (Å²) in [5.74, 6) is 0.655. The van der Waals surface area contributed by atoms with Gasteiger partial charge in [0.05, 0.1) is 4.92 Å². The summed E-state index contributed by atoms with van der Waals surface area (Å²) < 4.78 is 5.90. The molecule has 0 spiro atoms. The largest absolute Gasteiger partial charge is 0.488 e. The number of pyridine rings is 1. The van der Waals surface area contributed by atoms with Gasteiger partial charge in [-0.05, 0) is 31.2 Å². The Morgan fingerprint density at radius 3 is 3.05 bits per heavy atom. The highest BCUT2D eigenvalue weighted by atomic mass is 16.6. The molecule has 2 aromatic rings. The first-order valence-corrected chi connectivity index (χ1v) is 6.15. The van der Waals surface area contributed by atoms with Crippen molar-refractivity contribution in [1.29, 1.82) is 0 Å². The fourth-order valence-corrected chi connectivity index (χ4v) is 2.29. The van der Waals surface area contributed by atoms with E-state index in [1.165, 1.54) is 6.07 Å². The molecule has 1 aromatic carbocycles. The van der Waals surface area contributed by atoms with Crippen LogP contribution >= 0.6 is 0 Å². The van der Waals surface area contributed by atoms with Gasteiger partial charge in [-0.1, -0.05) is 0 Å². The third-order valence-electron chi connectivity index (χ3n) is 3.21. The second kappa shape index (κ2) is 4.81. The van der Waals surface area contributed by atoms with E-state index < -0.39 is 4.92 Å². The number of nitrogens with zero attached hydrogens (tertiary/aromatic N) is 2. The van der Waals surface area contributed by atoms with Gasteiger partial charge in [0.15, 0.2) is 5.52 Å². The van der Waals surface area contributed by atoms with Crippen LogP contribution in [0.25, 0.3) is 10.9 Å². The Balaban J connectivity index is 2.05. The molecular formula is C13H13N3O3. The minimum absolute atomic E-state index is 0.00694. The molecule has 1 atom stereocenters. The average molecular weight is 259 g/mol. The van der Waals surface area contributed by atoms with E-state index in [0.717, 1.165) is 19.5 Å². The summed E-state index contributed by atoms with van der Waals surface area (Å²) in [5.41, 5.74) is 0.378. The smallest absolute Gasteiger partial charge is 0.295 e. The lowest BCUT2D eigenvalue weighted by Crippen LogP contribution is -2.19. The molecule has 98 valence electrons. The summed E-state index contributed by atoms with van der Waals surface area (Å²) in [6.07, 6.45) is 2.61. The number of nitrogens with one attached hydrogen (secondary N) is 1. The zero-order valence-electron chi connectivity index (χ0n) is 10.2. The van der Waals surface area contributed by atoms with E-state index in [1.807, 2.05) is 0 Å². The minimum atomic E-state index is -0.420. The molecule has 2 heterocycles. The Morgan fingerprint density at radius 2 is 2.32 bits per heavy atom. The number of hydrogen-bond acceptors (Lipinski definition) is 5. The van der Waals surface area contributed by atoms with Crippen molar-refractivity contribution in [3.63, 3.8) is 0 Å². The van der Waals surface area contributed by atoms with Gasteiger partial charge in [-0.25, -0.2) is 4.98 Å². The fourth-order valence-electron chi connectivity index (χ4n) is 2.29. The molecule has 1 N–H and O–H groups in total. The number of rotatable bonds is 3. The van der Waals surface area contributed by atoms with Crippen LogP contribution in [0.1, 0.15) is 6.42 Å². The van der Waals surface area contributed by atoms with Crippen molar-refractivity contribution in [2.45, 2.75) is 12.5 Å². The predicted molar refractivity (Wildman–Crippen MR) is 70.3 cm³/mol. The van der Waals surface area contributed by atoms with Gasteiger partial charge in [0.25, 0.3) is 5.69 Å². The van der Waals surface area contributed by atoms with Gasteiger partial charge in [-0.2, -0.15) is 0 Å². The van der Waals surface area contributed by atoms with Crippen LogP contribution in [0.2, 0.25) is 0 Å². The number of non-ortho nitro benzene ring substituents is 1. The molecule has 1 aliphatic heterocycles. The van der Waals surface area contributed by atoms with Crippen LogP contribution in [0.4, 0.5) is 5.69 Å². The molecule has 6 heteroatoms. The standard InChI is InChI=1S/C13H13N3O3/c17-16(18)11-3-4-12(19-9-5-7-14-8-9)10-2-1-6-15-13(10)11/h1-4,6,9,14H,5,7-8H2. The maximum absolute atomic E-state index is 11.0. The van der Waals surface area contributed by atoms with Crippen molar-refractivity contribution >= 4 is 16.6 Å². The van der Waals surface area contributed by atoms with Gasteiger partial charge in [0.2, 0.25) is 0 Å². The van der Waals surface area contributed by atoms with Gasteiger partial charge < -0.3 is 10.1 Å². The van der Waals surface area contributed by atoms with E-state index in [0.29, 0.717) is 16.7 Å². The first-order valence-electron chi connectivity index (χ1n) is 6.15. The van der Waals surface area contributed by atoms with Crippen LogP contribution in [-0.2, 0) is 0 Å². The maximum atomic E-state index is 11.0. The predicted octanol–water partition coefficient (Wildman–Crippen LogP) is 1.88. The molecule has 0 bridgehead atoms. The summed E-state index contributed by atoms with van der Waals surface area (Å²) in [6.45, 7) is 1.74. The van der Waals surface area contributed by atoms with E-state index in [4.69, 9.17) is 4.74 Å². The highest BCUT2D eigenvalue weighted by Gasteiger charge is 2.20. The molecule has 19 heavy (non-hydrogen) atoms. The molecule has 0 radical (unpaired) electrons. The number of ether oxygens (including phenoxy) is 1. The van der Waals surface area contributed by atoms with E-state index >= 15 is 0 Å². The van der Waals surface area contributed by atoms with Crippen molar-refractivity contribution in [3.05, 3.63) is 40.6 Å². The lowest BCUT2D eigenvalue weighted by atomic mass is 10.1. The Kier molecular flexibility index (Phi) is 3.00. The summed E-state index contributed by atoms with van der Waals surface area (Å²) >= 11 is 0. The summed E-state index contributed by atoms with van der Waals surface area (Å²) in [6, 6.07) is 6.66. The van der Waals surface area contributed by atoms with Gasteiger partial charge >= 0.3 is 0 Å². The fraction of sp³-hybridized carbons (Fsp3) is 0.308. The highest BCUT2D eigenvalue weighted by molar-refractivity contribution is 5.92. The molecule has 1 unspecified atom stereocenters. The Morgan fingerprint density at radius 1 is 1.42 bits per heavy atom. The van der Waals surface area contributed by atoms with Crippen LogP contribution < -0.4 is 10.1 Å². The zero-order chi connectivity index (χ0) is 13.2. The van der Waals surface area contributed by atoms with E-state index in [2.05, 4.69) is 10.3 Å². The quantitative estimate of drug-likeness (QED) is 0.672. The van der Waals surface area contributed by atoms with Crippen molar-refractivity contribution in [2.24, 2.45) is 0 Å². The SMILES string of the molecule is O=[N+]([O-])c1ccc(OC2CCNC2)c2cccnc12. The van der Waals surface area contributed by atoms with Crippen molar-refractivity contribution in [3.8, 4) is 5.75 Å².